The molecule has 1 saturated carbocycles. The zero-order valence-corrected chi connectivity index (χ0v) is 19.0. The molecule has 0 bridgehead atoms. The number of methoxy groups -OCH3 is 1. The second-order valence-corrected chi connectivity index (χ2v) is 9.15. The van der Waals surface area contributed by atoms with Gasteiger partial charge in [-0.15, -0.1) is 0 Å². The molecule has 2 aromatic carbocycles. The smallest absolute Gasteiger partial charge is 0.414 e. The van der Waals surface area contributed by atoms with Gasteiger partial charge in [0.25, 0.3) is 0 Å². The fourth-order valence-electron chi connectivity index (χ4n) is 5.23. The number of hydrogen-bond acceptors (Lipinski definition) is 4. The third-order valence-corrected chi connectivity index (χ3v) is 7.23. The van der Waals surface area contributed by atoms with Crippen LogP contribution in [0.25, 0.3) is 11.0 Å². The standard InChI is InChI=1S/C26H29N3O4/c1-16-11-12-19-21(28(16)26(32)33-2)13-14-22-24(19)27-23(29(22)18-9-6-10-18)15-20(25(30)31)17-7-4-3-5-8-17/h3-5,7-8,13-14,16,18,20H,6,9-12,15H2,1-2H3,(H,30,31)/t16-,20-/m0/s1. The van der Waals surface area contributed by atoms with E-state index < -0.39 is 11.9 Å². The molecule has 2 atom stereocenters. The van der Waals surface area contributed by atoms with Crippen LogP contribution in [0.1, 0.15) is 61.5 Å². The highest BCUT2D eigenvalue weighted by atomic mass is 16.5. The summed E-state index contributed by atoms with van der Waals surface area (Å²) in [5, 5.41) is 10.0. The number of amides is 1. The van der Waals surface area contributed by atoms with Gasteiger partial charge < -0.3 is 14.4 Å². The molecule has 1 aliphatic heterocycles. The lowest BCUT2D eigenvalue weighted by molar-refractivity contribution is -0.138. The van der Waals surface area contributed by atoms with Crippen molar-refractivity contribution in [2.45, 2.75) is 63.5 Å². The van der Waals surface area contributed by atoms with Crippen LogP contribution in [-0.4, -0.2) is 39.9 Å². The molecule has 33 heavy (non-hydrogen) atoms. The maximum atomic E-state index is 12.5. The van der Waals surface area contributed by atoms with Gasteiger partial charge in [-0.3, -0.25) is 9.69 Å². The predicted octanol–water partition coefficient (Wildman–Crippen LogP) is 5.08. The third kappa shape index (κ3) is 3.65. The van der Waals surface area contributed by atoms with Crippen LogP contribution in [0.3, 0.4) is 0 Å². The lowest BCUT2D eigenvalue weighted by atomic mass is 9.91. The summed E-state index contributed by atoms with van der Waals surface area (Å²) in [6, 6.07) is 13.8. The molecule has 3 aromatic rings. The molecule has 0 spiro atoms. The van der Waals surface area contributed by atoms with E-state index in [4.69, 9.17) is 9.72 Å². The molecule has 172 valence electrons. The van der Waals surface area contributed by atoms with E-state index in [0.29, 0.717) is 12.5 Å². The van der Waals surface area contributed by atoms with E-state index in [2.05, 4.69) is 4.57 Å². The van der Waals surface area contributed by atoms with E-state index in [-0.39, 0.29) is 12.1 Å². The third-order valence-electron chi connectivity index (χ3n) is 7.23. The second kappa shape index (κ2) is 8.54. The van der Waals surface area contributed by atoms with Gasteiger partial charge in [0.1, 0.15) is 5.82 Å². The molecule has 7 heteroatoms. The molecule has 5 rings (SSSR count). The van der Waals surface area contributed by atoms with Crippen molar-refractivity contribution in [1.82, 2.24) is 9.55 Å². The molecular weight excluding hydrogens is 418 g/mol. The van der Waals surface area contributed by atoms with E-state index in [1.165, 1.54) is 13.5 Å². The summed E-state index contributed by atoms with van der Waals surface area (Å²) in [5.41, 5.74) is 4.58. The maximum absolute atomic E-state index is 12.5. The summed E-state index contributed by atoms with van der Waals surface area (Å²) in [6.45, 7) is 2.03. The first-order chi connectivity index (χ1) is 16.0. The number of aryl methyl sites for hydroxylation is 1. The van der Waals surface area contributed by atoms with Crippen LogP contribution >= 0.6 is 0 Å². The van der Waals surface area contributed by atoms with Gasteiger partial charge in [-0.1, -0.05) is 30.3 Å². The number of ether oxygens (including phenoxy) is 1. The number of nitrogens with zero attached hydrogens (tertiary/aromatic N) is 3. The summed E-state index contributed by atoms with van der Waals surface area (Å²) < 4.78 is 7.31. The highest BCUT2D eigenvalue weighted by Gasteiger charge is 2.34. The Hall–Kier alpha value is -3.35. The monoisotopic (exact) mass is 447 g/mol. The summed E-state index contributed by atoms with van der Waals surface area (Å²) in [5.74, 6) is -0.701. The molecule has 1 fully saturated rings. The molecule has 0 unspecified atom stereocenters. The zero-order valence-electron chi connectivity index (χ0n) is 19.0. The number of carboxylic acid groups (broad SMARTS) is 1. The molecule has 0 saturated heterocycles. The molecule has 7 nitrogen and oxygen atoms in total. The minimum atomic E-state index is -0.846. The van der Waals surface area contributed by atoms with Crippen molar-refractivity contribution < 1.29 is 19.4 Å². The van der Waals surface area contributed by atoms with Gasteiger partial charge in [0, 0.05) is 24.1 Å². The number of benzene rings is 2. The Bertz CT molecular complexity index is 1200. The SMILES string of the molecule is COC(=O)N1c2ccc3c(nc(C[C@H](C(=O)O)c4ccccc4)n3C3CCC3)c2CC[C@@H]1C. The second-order valence-electron chi connectivity index (χ2n) is 9.15. The van der Waals surface area contributed by atoms with Crippen molar-refractivity contribution in [3.8, 4) is 0 Å². The molecule has 1 aromatic heterocycles. The number of aliphatic carboxylic acids is 1. The van der Waals surface area contributed by atoms with Crippen LogP contribution in [0.2, 0.25) is 0 Å². The Morgan fingerprint density at radius 3 is 2.55 bits per heavy atom. The molecule has 0 radical (unpaired) electrons. The van der Waals surface area contributed by atoms with E-state index in [0.717, 1.165) is 59.4 Å². The van der Waals surface area contributed by atoms with Gasteiger partial charge in [0.05, 0.1) is 29.7 Å². The van der Waals surface area contributed by atoms with Gasteiger partial charge >= 0.3 is 12.1 Å². The number of carboxylic acids is 1. The highest BCUT2D eigenvalue weighted by molar-refractivity contribution is 5.95. The van der Waals surface area contributed by atoms with Gasteiger partial charge in [-0.2, -0.15) is 0 Å². The molecule has 2 heterocycles. The lowest BCUT2D eigenvalue weighted by Crippen LogP contribution is -2.42. The van der Waals surface area contributed by atoms with Crippen LogP contribution in [0.5, 0.6) is 0 Å². The molecule has 1 N–H and O–H groups in total. The average Bonchev–Trinajstić information content (AvgIpc) is 3.14. The van der Waals surface area contributed by atoms with E-state index >= 15 is 0 Å². The number of anilines is 1. The van der Waals surface area contributed by atoms with Crippen molar-refractivity contribution in [2.75, 3.05) is 12.0 Å². The number of hydrogen-bond donors (Lipinski definition) is 1. The maximum Gasteiger partial charge on any atom is 0.414 e. The number of carbonyl (C=O) groups excluding carboxylic acids is 1. The summed E-state index contributed by atoms with van der Waals surface area (Å²) in [6.07, 6.45) is 4.93. The number of fused-ring (bicyclic) bond motifs is 3. The summed E-state index contributed by atoms with van der Waals surface area (Å²) in [4.78, 5) is 31.5. The van der Waals surface area contributed by atoms with Crippen LogP contribution in [0.4, 0.5) is 10.5 Å². The number of aromatic nitrogens is 2. The van der Waals surface area contributed by atoms with Gasteiger partial charge in [0.15, 0.2) is 0 Å². The Balaban J connectivity index is 1.63. The van der Waals surface area contributed by atoms with Crippen molar-refractivity contribution in [3.05, 3.63) is 59.4 Å². The Morgan fingerprint density at radius 1 is 1.15 bits per heavy atom. The van der Waals surface area contributed by atoms with E-state index in [1.807, 2.05) is 49.4 Å². The normalized spacial score (nSPS) is 19.1. The molecule has 2 aliphatic rings. The van der Waals surface area contributed by atoms with Crippen molar-refractivity contribution >= 4 is 28.8 Å². The summed E-state index contributed by atoms with van der Waals surface area (Å²) >= 11 is 0. The van der Waals surface area contributed by atoms with Crippen molar-refractivity contribution in [2.24, 2.45) is 0 Å². The Labute approximate surface area is 193 Å². The lowest BCUT2D eigenvalue weighted by Gasteiger charge is -2.34. The first kappa shape index (κ1) is 21.5. The van der Waals surface area contributed by atoms with Crippen LogP contribution in [0, 0.1) is 0 Å². The number of carbonyl (C=O) groups is 2. The van der Waals surface area contributed by atoms with Crippen molar-refractivity contribution in [1.29, 1.82) is 0 Å². The average molecular weight is 448 g/mol. The Kier molecular flexibility index (Phi) is 5.56. The van der Waals surface area contributed by atoms with Crippen molar-refractivity contribution in [3.63, 3.8) is 0 Å². The minimum Gasteiger partial charge on any atom is -0.481 e. The molecule has 1 aliphatic carbocycles. The van der Waals surface area contributed by atoms with E-state index in [9.17, 15) is 14.7 Å². The summed E-state index contributed by atoms with van der Waals surface area (Å²) in [7, 11) is 1.40. The topological polar surface area (TPSA) is 84.7 Å². The minimum absolute atomic E-state index is 0.0464. The largest absolute Gasteiger partial charge is 0.481 e. The fraction of sp³-hybridized carbons (Fsp3) is 0.423. The molecule has 1 amide bonds. The predicted molar refractivity (Wildman–Crippen MR) is 126 cm³/mol. The number of imidazole rings is 1. The first-order valence-corrected chi connectivity index (χ1v) is 11.7. The zero-order chi connectivity index (χ0) is 23.1. The Morgan fingerprint density at radius 2 is 1.91 bits per heavy atom. The quantitative estimate of drug-likeness (QED) is 0.590. The van der Waals surface area contributed by atoms with E-state index in [1.54, 1.807) is 4.90 Å². The van der Waals surface area contributed by atoms with Crippen LogP contribution in [0.15, 0.2) is 42.5 Å². The highest BCUT2D eigenvalue weighted by Crippen LogP contribution is 2.41. The first-order valence-electron chi connectivity index (χ1n) is 11.7. The van der Waals surface area contributed by atoms with Crippen LogP contribution < -0.4 is 4.90 Å². The fourth-order valence-corrected chi connectivity index (χ4v) is 5.23. The van der Waals surface area contributed by atoms with Crippen LogP contribution in [-0.2, 0) is 22.4 Å². The van der Waals surface area contributed by atoms with Gasteiger partial charge in [-0.05, 0) is 56.7 Å². The number of rotatable bonds is 5. The molecular formula is C26H29N3O4. The van der Waals surface area contributed by atoms with Gasteiger partial charge in [0.2, 0.25) is 0 Å². The van der Waals surface area contributed by atoms with Gasteiger partial charge in [-0.25, -0.2) is 9.78 Å².